The van der Waals surface area contributed by atoms with Crippen LogP contribution in [0.5, 0.6) is 5.75 Å². The van der Waals surface area contributed by atoms with Gasteiger partial charge in [-0.25, -0.2) is 0 Å². The van der Waals surface area contributed by atoms with Crippen LogP contribution in [0.15, 0.2) is 36.4 Å². The number of halogens is 2. The van der Waals surface area contributed by atoms with E-state index in [0.29, 0.717) is 23.0 Å². The summed E-state index contributed by atoms with van der Waals surface area (Å²) < 4.78 is 5.27. The third-order valence-corrected chi connectivity index (χ3v) is 5.16. The lowest BCUT2D eigenvalue weighted by molar-refractivity contribution is -0.117. The molecule has 1 aliphatic heterocycles. The van der Waals surface area contributed by atoms with Crippen molar-refractivity contribution in [3.05, 3.63) is 52.0 Å². The molecule has 0 aromatic heterocycles. The zero-order chi connectivity index (χ0) is 19.4. The number of carbonyl (C=O) groups is 1. The van der Waals surface area contributed by atoms with Crippen molar-refractivity contribution in [2.75, 3.05) is 50.1 Å². The van der Waals surface area contributed by atoms with E-state index in [2.05, 4.69) is 22.0 Å². The highest BCUT2D eigenvalue weighted by atomic mass is 35.5. The normalized spacial score (nSPS) is 14.9. The standard InChI is InChI=1S/C20H23Cl2N3O2/c1-14-3-4-16(22)12-18(14)25-9-7-24(8-10-25)13-20(26)23-17-11-15(21)5-6-19(17)27-2/h3-6,11-12H,7-10,13H2,1-2H3,(H,23,26). The molecule has 1 amide bonds. The van der Waals surface area contributed by atoms with Crippen LogP contribution in [0.3, 0.4) is 0 Å². The number of benzene rings is 2. The third-order valence-electron chi connectivity index (χ3n) is 4.69. The maximum atomic E-state index is 12.4. The molecule has 0 aliphatic carbocycles. The first-order chi connectivity index (χ1) is 13.0. The molecule has 1 heterocycles. The number of methoxy groups -OCH3 is 1. The summed E-state index contributed by atoms with van der Waals surface area (Å²) in [4.78, 5) is 16.9. The van der Waals surface area contributed by atoms with Gasteiger partial charge in [0.05, 0.1) is 19.3 Å². The molecule has 1 aliphatic rings. The van der Waals surface area contributed by atoms with Gasteiger partial charge in [0.15, 0.2) is 0 Å². The second-order valence-corrected chi connectivity index (χ2v) is 7.46. The molecule has 0 bridgehead atoms. The maximum Gasteiger partial charge on any atom is 0.238 e. The van der Waals surface area contributed by atoms with Gasteiger partial charge in [-0.15, -0.1) is 0 Å². The predicted octanol–water partition coefficient (Wildman–Crippen LogP) is 4.07. The molecule has 144 valence electrons. The van der Waals surface area contributed by atoms with Crippen LogP contribution in [-0.2, 0) is 4.79 Å². The molecule has 5 nitrogen and oxygen atoms in total. The molecule has 7 heteroatoms. The highest BCUT2D eigenvalue weighted by Crippen LogP contribution is 2.28. The number of hydrogen-bond acceptors (Lipinski definition) is 4. The predicted molar refractivity (Wildman–Crippen MR) is 111 cm³/mol. The van der Waals surface area contributed by atoms with Crippen molar-refractivity contribution in [2.24, 2.45) is 0 Å². The average Bonchev–Trinajstić information content (AvgIpc) is 2.64. The molecule has 0 unspecified atom stereocenters. The lowest BCUT2D eigenvalue weighted by Crippen LogP contribution is -2.48. The molecule has 1 N–H and O–H groups in total. The van der Waals surface area contributed by atoms with E-state index >= 15 is 0 Å². The number of anilines is 2. The van der Waals surface area contributed by atoms with Crippen molar-refractivity contribution in [3.8, 4) is 5.75 Å². The van der Waals surface area contributed by atoms with E-state index < -0.39 is 0 Å². The van der Waals surface area contributed by atoms with Crippen molar-refractivity contribution >= 4 is 40.5 Å². The van der Waals surface area contributed by atoms with Crippen molar-refractivity contribution in [1.82, 2.24) is 4.90 Å². The van der Waals surface area contributed by atoms with Gasteiger partial charge in [0.1, 0.15) is 5.75 Å². The molecule has 27 heavy (non-hydrogen) atoms. The summed E-state index contributed by atoms with van der Waals surface area (Å²) in [6.07, 6.45) is 0. The highest BCUT2D eigenvalue weighted by Gasteiger charge is 2.21. The minimum atomic E-state index is -0.0806. The van der Waals surface area contributed by atoms with Gasteiger partial charge in [0, 0.05) is 41.9 Å². The largest absolute Gasteiger partial charge is 0.495 e. The fourth-order valence-electron chi connectivity index (χ4n) is 3.24. The summed E-state index contributed by atoms with van der Waals surface area (Å²) in [7, 11) is 1.57. The van der Waals surface area contributed by atoms with Gasteiger partial charge in [0.2, 0.25) is 5.91 Å². The van der Waals surface area contributed by atoms with Crippen LogP contribution >= 0.6 is 23.2 Å². The molecule has 3 rings (SSSR count). The van der Waals surface area contributed by atoms with Crippen molar-refractivity contribution in [3.63, 3.8) is 0 Å². The van der Waals surface area contributed by atoms with Crippen molar-refractivity contribution in [2.45, 2.75) is 6.92 Å². The minimum absolute atomic E-state index is 0.0806. The average molecular weight is 408 g/mol. The van der Waals surface area contributed by atoms with Gasteiger partial charge in [-0.2, -0.15) is 0 Å². The molecule has 2 aromatic rings. The quantitative estimate of drug-likeness (QED) is 0.810. The van der Waals surface area contributed by atoms with E-state index in [0.717, 1.165) is 36.9 Å². The molecule has 0 spiro atoms. The van der Waals surface area contributed by atoms with Crippen LogP contribution in [0.1, 0.15) is 5.56 Å². The topological polar surface area (TPSA) is 44.8 Å². The maximum absolute atomic E-state index is 12.4. The number of aryl methyl sites for hydroxylation is 1. The number of nitrogens with one attached hydrogen (secondary N) is 1. The Morgan fingerprint density at radius 1 is 1.07 bits per heavy atom. The summed E-state index contributed by atoms with van der Waals surface area (Å²) in [5.41, 5.74) is 2.96. The van der Waals surface area contributed by atoms with Gasteiger partial charge in [-0.3, -0.25) is 9.69 Å². The zero-order valence-corrected chi connectivity index (χ0v) is 17.0. The van der Waals surface area contributed by atoms with Crippen LogP contribution in [0.2, 0.25) is 10.0 Å². The first-order valence-electron chi connectivity index (χ1n) is 8.83. The van der Waals surface area contributed by atoms with Crippen LogP contribution in [0.4, 0.5) is 11.4 Å². The number of rotatable bonds is 5. The molecule has 0 radical (unpaired) electrons. The van der Waals surface area contributed by atoms with Crippen LogP contribution in [0.25, 0.3) is 0 Å². The van der Waals surface area contributed by atoms with Crippen LogP contribution in [-0.4, -0.2) is 50.6 Å². The number of carbonyl (C=O) groups excluding carboxylic acids is 1. The lowest BCUT2D eigenvalue weighted by atomic mass is 10.1. The van der Waals surface area contributed by atoms with Gasteiger partial charge < -0.3 is 15.0 Å². The zero-order valence-electron chi connectivity index (χ0n) is 15.5. The monoisotopic (exact) mass is 407 g/mol. The van der Waals surface area contributed by atoms with Gasteiger partial charge in [0.25, 0.3) is 0 Å². The first-order valence-corrected chi connectivity index (χ1v) is 9.58. The molecular formula is C20H23Cl2N3O2. The van der Waals surface area contributed by atoms with Crippen LogP contribution < -0.4 is 15.0 Å². The minimum Gasteiger partial charge on any atom is -0.495 e. The smallest absolute Gasteiger partial charge is 0.238 e. The van der Waals surface area contributed by atoms with Crippen molar-refractivity contribution in [1.29, 1.82) is 0 Å². The molecule has 1 fully saturated rings. The molecule has 2 aromatic carbocycles. The first kappa shape index (κ1) is 19.8. The van der Waals surface area contributed by atoms with Gasteiger partial charge in [-0.05, 0) is 42.8 Å². The van der Waals surface area contributed by atoms with E-state index in [4.69, 9.17) is 27.9 Å². The molecular weight excluding hydrogens is 385 g/mol. The Kier molecular flexibility index (Phi) is 6.47. The van der Waals surface area contributed by atoms with E-state index in [1.54, 1.807) is 25.3 Å². The number of piperazine rings is 1. The summed E-state index contributed by atoms with van der Waals surface area (Å²) in [5.74, 6) is 0.511. The second-order valence-electron chi connectivity index (χ2n) is 6.59. The summed E-state index contributed by atoms with van der Waals surface area (Å²) in [5, 5.41) is 4.18. The molecule has 0 atom stereocenters. The summed E-state index contributed by atoms with van der Waals surface area (Å²) in [6, 6.07) is 11.1. The Morgan fingerprint density at radius 3 is 2.44 bits per heavy atom. The summed E-state index contributed by atoms with van der Waals surface area (Å²) in [6.45, 7) is 5.75. The second kappa shape index (κ2) is 8.83. The van der Waals surface area contributed by atoms with Crippen molar-refractivity contribution < 1.29 is 9.53 Å². The Balaban J connectivity index is 1.55. The lowest BCUT2D eigenvalue weighted by Gasteiger charge is -2.36. The molecule has 1 saturated heterocycles. The third kappa shape index (κ3) is 5.06. The Morgan fingerprint density at radius 2 is 1.74 bits per heavy atom. The van der Waals surface area contributed by atoms with E-state index in [1.807, 2.05) is 18.2 Å². The number of hydrogen-bond donors (Lipinski definition) is 1. The fourth-order valence-corrected chi connectivity index (χ4v) is 3.58. The highest BCUT2D eigenvalue weighted by molar-refractivity contribution is 6.31. The SMILES string of the molecule is COc1ccc(Cl)cc1NC(=O)CN1CCN(c2cc(Cl)ccc2C)CC1. The fraction of sp³-hybridized carbons (Fsp3) is 0.350. The number of ether oxygens (including phenoxy) is 1. The van der Waals surface area contributed by atoms with E-state index in [-0.39, 0.29) is 5.91 Å². The van der Waals surface area contributed by atoms with Gasteiger partial charge >= 0.3 is 0 Å². The van der Waals surface area contributed by atoms with E-state index in [1.165, 1.54) is 5.56 Å². The van der Waals surface area contributed by atoms with Gasteiger partial charge in [-0.1, -0.05) is 29.3 Å². The Labute approximate surface area is 169 Å². The Bertz CT molecular complexity index is 821. The van der Waals surface area contributed by atoms with Crippen LogP contribution in [0, 0.1) is 6.92 Å². The number of amides is 1. The number of nitrogens with zero attached hydrogens (tertiary/aromatic N) is 2. The Hall–Kier alpha value is -1.95. The summed E-state index contributed by atoms with van der Waals surface area (Å²) >= 11 is 12.2. The van der Waals surface area contributed by atoms with E-state index in [9.17, 15) is 4.79 Å². The molecule has 0 saturated carbocycles.